The molecular formula is C22H19NO6. The molecule has 1 N–H and O–H groups in total. The fourth-order valence-corrected chi connectivity index (χ4v) is 2.68. The zero-order chi connectivity index (χ0) is 20.8. The van der Waals surface area contributed by atoms with Crippen molar-refractivity contribution in [1.82, 2.24) is 0 Å². The van der Waals surface area contributed by atoms with E-state index in [0.29, 0.717) is 23.1 Å². The van der Waals surface area contributed by atoms with Crippen molar-refractivity contribution in [2.24, 2.45) is 0 Å². The minimum absolute atomic E-state index is 0.0996. The summed E-state index contributed by atoms with van der Waals surface area (Å²) in [6.45, 7) is 1.41. The lowest BCUT2D eigenvalue weighted by Crippen LogP contribution is -2.16. The summed E-state index contributed by atoms with van der Waals surface area (Å²) in [6.07, 6.45) is 1.16. The van der Waals surface area contributed by atoms with E-state index in [4.69, 9.17) is 9.15 Å². The molecule has 3 aromatic rings. The Morgan fingerprint density at radius 3 is 2.48 bits per heavy atom. The van der Waals surface area contributed by atoms with E-state index in [9.17, 15) is 19.2 Å². The maximum absolute atomic E-state index is 12.2. The first-order valence-electron chi connectivity index (χ1n) is 9.11. The molecule has 2 aromatic carbocycles. The predicted octanol–water partition coefficient (Wildman–Crippen LogP) is 3.57. The molecule has 7 heteroatoms. The molecule has 1 aromatic heterocycles. The van der Waals surface area contributed by atoms with Crippen LogP contribution in [-0.4, -0.2) is 24.3 Å². The molecule has 0 radical (unpaired) electrons. The number of carbonyl (C=O) groups is 3. The highest BCUT2D eigenvalue weighted by atomic mass is 16.5. The first kappa shape index (κ1) is 20.0. The number of amides is 1. The molecule has 7 nitrogen and oxygen atoms in total. The summed E-state index contributed by atoms with van der Waals surface area (Å²) in [4.78, 5) is 48.0. The largest absolute Gasteiger partial charge is 0.451 e. The second kappa shape index (κ2) is 8.97. The van der Waals surface area contributed by atoms with Crippen molar-refractivity contribution >= 4 is 34.3 Å². The van der Waals surface area contributed by atoms with Gasteiger partial charge in [0.2, 0.25) is 11.7 Å². The molecule has 0 bridgehead atoms. The SMILES string of the molecule is CCCC(=O)Nc1ccc(C(=O)COC(=O)c2cc(=O)c3ccccc3o2)cc1. The van der Waals surface area contributed by atoms with Gasteiger partial charge in [0.1, 0.15) is 5.58 Å². The topological polar surface area (TPSA) is 103 Å². The molecule has 148 valence electrons. The molecule has 0 saturated carbocycles. The van der Waals surface area contributed by atoms with Gasteiger partial charge in [0, 0.05) is 23.7 Å². The van der Waals surface area contributed by atoms with Crippen LogP contribution in [0.25, 0.3) is 11.0 Å². The quantitative estimate of drug-likeness (QED) is 0.486. The van der Waals surface area contributed by atoms with Crippen LogP contribution in [0.5, 0.6) is 0 Å². The fraction of sp³-hybridized carbons (Fsp3) is 0.182. The van der Waals surface area contributed by atoms with Crippen molar-refractivity contribution in [2.45, 2.75) is 19.8 Å². The van der Waals surface area contributed by atoms with Crippen LogP contribution in [0.15, 0.2) is 63.8 Å². The number of ketones is 1. The number of para-hydroxylation sites is 1. The van der Waals surface area contributed by atoms with Gasteiger partial charge in [-0.15, -0.1) is 0 Å². The maximum atomic E-state index is 12.2. The Kier molecular flexibility index (Phi) is 6.19. The third-order valence-electron chi connectivity index (χ3n) is 4.14. The number of Topliss-reactive ketones (excluding diaryl/α,β-unsaturated/α-hetero) is 1. The maximum Gasteiger partial charge on any atom is 0.374 e. The van der Waals surface area contributed by atoms with Crippen LogP contribution in [0.1, 0.15) is 40.7 Å². The molecule has 0 fully saturated rings. The Labute approximate surface area is 166 Å². The van der Waals surface area contributed by atoms with Crippen molar-refractivity contribution in [3.05, 3.63) is 76.1 Å². The molecule has 0 spiro atoms. The average molecular weight is 393 g/mol. The fourth-order valence-electron chi connectivity index (χ4n) is 2.68. The first-order chi connectivity index (χ1) is 14.0. The Bertz CT molecular complexity index is 1110. The third-order valence-corrected chi connectivity index (χ3v) is 4.14. The van der Waals surface area contributed by atoms with Gasteiger partial charge in [0.15, 0.2) is 17.8 Å². The summed E-state index contributed by atoms with van der Waals surface area (Å²) in [6, 6.07) is 13.9. The Balaban J connectivity index is 1.62. The van der Waals surface area contributed by atoms with Gasteiger partial charge in [-0.1, -0.05) is 19.1 Å². The zero-order valence-corrected chi connectivity index (χ0v) is 15.8. The van der Waals surface area contributed by atoms with Crippen LogP contribution in [0.2, 0.25) is 0 Å². The van der Waals surface area contributed by atoms with Crippen molar-refractivity contribution in [3.63, 3.8) is 0 Å². The van der Waals surface area contributed by atoms with E-state index in [1.54, 1.807) is 36.4 Å². The summed E-state index contributed by atoms with van der Waals surface area (Å²) in [5, 5.41) is 3.08. The highest BCUT2D eigenvalue weighted by molar-refractivity contribution is 5.99. The molecule has 0 atom stereocenters. The lowest BCUT2D eigenvalue weighted by Gasteiger charge is -2.07. The number of fused-ring (bicyclic) bond motifs is 1. The summed E-state index contributed by atoms with van der Waals surface area (Å²) in [5.41, 5.74) is 0.797. The summed E-state index contributed by atoms with van der Waals surface area (Å²) in [5.74, 6) is -1.69. The average Bonchev–Trinajstić information content (AvgIpc) is 2.72. The molecular weight excluding hydrogens is 374 g/mol. The molecule has 1 heterocycles. The predicted molar refractivity (Wildman–Crippen MR) is 107 cm³/mol. The number of benzene rings is 2. The van der Waals surface area contributed by atoms with E-state index in [2.05, 4.69) is 5.32 Å². The lowest BCUT2D eigenvalue weighted by atomic mass is 10.1. The van der Waals surface area contributed by atoms with Crippen LogP contribution in [0, 0.1) is 0 Å². The van der Waals surface area contributed by atoms with E-state index >= 15 is 0 Å². The number of rotatable bonds is 7. The Hall–Kier alpha value is -3.74. The van der Waals surface area contributed by atoms with E-state index in [-0.39, 0.29) is 22.7 Å². The van der Waals surface area contributed by atoms with E-state index in [1.165, 1.54) is 12.1 Å². The van der Waals surface area contributed by atoms with Crippen molar-refractivity contribution < 1.29 is 23.5 Å². The van der Waals surface area contributed by atoms with Gasteiger partial charge in [-0.25, -0.2) is 4.79 Å². The Morgan fingerprint density at radius 1 is 1.03 bits per heavy atom. The smallest absolute Gasteiger partial charge is 0.374 e. The number of carbonyl (C=O) groups excluding carboxylic acids is 3. The van der Waals surface area contributed by atoms with Crippen LogP contribution in [-0.2, 0) is 9.53 Å². The summed E-state index contributed by atoms with van der Waals surface area (Å²) in [7, 11) is 0. The molecule has 3 rings (SSSR count). The van der Waals surface area contributed by atoms with Gasteiger partial charge in [0.25, 0.3) is 0 Å². The first-order valence-corrected chi connectivity index (χ1v) is 9.11. The summed E-state index contributed by atoms with van der Waals surface area (Å²) < 4.78 is 10.4. The molecule has 29 heavy (non-hydrogen) atoms. The number of hydrogen-bond donors (Lipinski definition) is 1. The normalized spacial score (nSPS) is 10.5. The molecule has 0 saturated heterocycles. The van der Waals surface area contributed by atoms with Crippen molar-refractivity contribution in [2.75, 3.05) is 11.9 Å². The molecule has 0 aliphatic carbocycles. The van der Waals surface area contributed by atoms with E-state index in [0.717, 1.165) is 12.5 Å². The van der Waals surface area contributed by atoms with Gasteiger partial charge in [-0.3, -0.25) is 14.4 Å². The number of nitrogens with one attached hydrogen (secondary N) is 1. The monoisotopic (exact) mass is 393 g/mol. The second-order valence-corrected chi connectivity index (χ2v) is 6.35. The van der Waals surface area contributed by atoms with Crippen molar-refractivity contribution in [3.8, 4) is 0 Å². The Morgan fingerprint density at radius 2 is 1.76 bits per heavy atom. The van der Waals surface area contributed by atoms with Crippen LogP contribution >= 0.6 is 0 Å². The molecule has 0 unspecified atom stereocenters. The number of hydrogen-bond acceptors (Lipinski definition) is 6. The molecule has 0 aliphatic rings. The van der Waals surface area contributed by atoms with Crippen LogP contribution < -0.4 is 10.7 Å². The molecule has 0 aliphatic heterocycles. The van der Waals surface area contributed by atoms with Gasteiger partial charge in [-0.05, 0) is 42.8 Å². The minimum atomic E-state index is -0.898. The van der Waals surface area contributed by atoms with Gasteiger partial charge >= 0.3 is 5.97 Å². The van der Waals surface area contributed by atoms with Crippen LogP contribution in [0.4, 0.5) is 5.69 Å². The number of anilines is 1. The van der Waals surface area contributed by atoms with E-state index in [1.807, 2.05) is 6.92 Å². The molecule has 1 amide bonds. The van der Waals surface area contributed by atoms with Gasteiger partial charge in [0.05, 0.1) is 5.39 Å². The minimum Gasteiger partial charge on any atom is -0.451 e. The highest BCUT2D eigenvalue weighted by Crippen LogP contribution is 2.14. The standard InChI is InChI=1S/C22H19NO6/c1-2-5-21(26)23-15-10-8-14(9-11-15)18(25)13-28-22(27)20-12-17(24)16-6-3-4-7-19(16)29-20/h3-4,6-12H,2,5,13H2,1H3,(H,23,26). The number of ether oxygens (including phenoxy) is 1. The lowest BCUT2D eigenvalue weighted by molar-refractivity contribution is -0.116. The second-order valence-electron chi connectivity index (χ2n) is 6.35. The third kappa shape index (κ3) is 4.95. The van der Waals surface area contributed by atoms with Gasteiger partial charge < -0.3 is 14.5 Å². The van der Waals surface area contributed by atoms with E-state index < -0.39 is 18.4 Å². The highest BCUT2D eigenvalue weighted by Gasteiger charge is 2.16. The van der Waals surface area contributed by atoms with Crippen molar-refractivity contribution in [1.29, 1.82) is 0 Å². The zero-order valence-electron chi connectivity index (χ0n) is 15.8. The number of esters is 1. The summed E-state index contributed by atoms with van der Waals surface area (Å²) >= 11 is 0. The van der Waals surface area contributed by atoms with Crippen LogP contribution in [0.3, 0.4) is 0 Å². The van der Waals surface area contributed by atoms with Gasteiger partial charge in [-0.2, -0.15) is 0 Å².